The third-order valence-electron chi connectivity index (χ3n) is 3.44. The molecule has 0 aromatic carbocycles. The third kappa shape index (κ3) is 3.38. The van der Waals surface area contributed by atoms with Gasteiger partial charge in [-0.25, -0.2) is 8.78 Å². The summed E-state index contributed by atoms with van der Waals surface area (Å²) >= 11 is 3.63. The fourth-order valence-corrected chi connectivity index (χ4v) is 3.11. The van der Waals surface area contributed by atoms with E-state index in [0.29, 0.717) is 4.83 Å². The fraction of sp³-hybridized carbons (Fsp3) is 1.00. The second-order valence-electron chi connectivity index (χ2n) is 4.96. The molecule has 0 spiro atoms. The van der Waals surface area contributed by atoms with Crippen molar-refractivity contribution >= 4 is 15.9 Å². The van der Waals surface area contributed by atoms with E-state index in [4.69, 9.17) is 0 Å². The van der Waals surface area contributed by atoms with Crippen molar-refractivity contribution in [2.24, 2.45) is 5.92 Å². The van der Waals surface area contributed by atoms with Gasteiger partial charge >= 0.3 is 0 Å². The topological polar surface area (TPSA) is 3.24 Å². The number of likely N-dealkylation sites (tertiary alicyclic amines) is 1. The van der Waals surface area contributed by atoms with Crippen molar-refractivity contribution in [3.8, 4) is 0 Å². The van der Waals surface area contributed by atoms with Gasteiger partial charge in [0.1, 0.15) is 0 Å². The SMILES string of the molecule is FC1(F)CC(CN2CCCC(Br)CC2)C1. The molecule has 1 nitrogen and oxygen atoms in total. The Balaban J connectivity index is 1.71. The Hall–Kier alpha value is 0.300. The van der Waals surface area contributed by atoms with Crippen LogP contribution < -0.4 is 0 Å². The second-order valence-corrected chi connectivity index (χ2v) is 6.25. The molecule has 0 amide bonds. The Bertz CT molecular complexity index is 215. The van der Waals surface area contributed by atoms with E-state index in [1.54, 1.807) is 0 Å². The van der Waals surface area contributed by atoms with Crippen molar-refractivity contribution in [2.75, 3.05) is 19.6 Å². The summed E-state index contributed by atoms with van der Waals surface area (Å²) in [6.07, 6.45) is 3.79. The van der Waals surface area contributed by atoms with Gasteiger partial charge in [0.25, 0.3) is 0 Å². The van der Waals surface area contributed by atoms with Gasteiger partial charge in [-0.1, -0.05) is 15.9 Å². The Morgan fingerprint density at radius 2 is 1.93 bits per heavy atom. The van der Waals surface area contributed by atoms with Gasteiger partial charge in [0.05, 0.1) is 0 Å². The van der Waals surface area contributed by atoms with Gasteiger partial charge in [-0.05, 0) is 38.3 Å². The summed E-state index contributed by atoms with van der Waals surface area (Å²) in [6, 6.07) is 0. The van der Waals surface area contributed by atoms with Gasteiger partial charge in [-0.15, -0.1) is 0 Å². The van der Waals surface area contributed by atoms with E-state index in [9.17, 15) is 8.78 Å². The molecule has 2 aliphatic rings. The Kier molecular flexibility index (Phi) is 3.66. The number of alkyl halides is 3. The zero-order valence-electron chi connectivity index (χ0n) is 8.89. The van der Waals surface area contributed by atoms with E-state index in [-0.39, 0.29) is 18.8 Å². The molecule has 1 atom stereocenters. The van der Waals surface area contributed by atoms with Crippen molar-refractivity contribution in [1.29, 1.82) is 0 Å². The molecule has 4 heteroatoms. The monoisotopic (exact) mass is 281 g/mol. The predicted molar refractivity (Wildman–Crippen MR) is 60.7 cm³/mol. The van der Waals surface area contributed by atoms with Gasteiger partial charge in [-0.2, -0.15) is 0 Å². The maximum absolute atomic E-state index is 12.7. The fourth-order valence-electron chi connectivity index (χ4n) is 2.58. The molecule has 1 aliphatic carbocycles. The molecule has 1 unspecified atom stereocenters. The Morgan fingerprint density at radius 1 is 1.20 bits per heavy atom. The van der Waals surface area contributed by atoms with Crippen LogP contribution in [-0.2, 0) is 0 Å². The van der Waals surface area contributed by atoms with E-state index in [0.717, 1.165) is 26.1 Å². The van der Waals surface area contributed by atoms with E-state index >= 15 is 0 Å². The molecule has 0 radical (unpaired) electrons. The quantitative estimate of drug-likeness (QED) is 0.703. The minimum absolute atomic E-state index is 0.112. The smallest absolute Gasteiger partial charge is 0.248 e. The lowest BCUT2D eigenvalue weighted by atomic mass is 9.81. The molecule has 1 saturated heterocycles. The van der Waals surface area contributed by atoms with E-state index in [1.807, 2.05) is 0 Å². The van der Waals surface area contributed by atoms with Crippen LogP contribution in [0, 0.1) is 5.92 Å². The van der Waals surface area contributed by atoms with Crippen molar-refractivity contribution in [3.63, 3.8) is 0 Å². The molecular formula is C11H18BrF2N. The normalized spacial score (nSPS) is 33.4. The number of hydrogen-bond donors (Lipinski definition) is 0. The highest BCUT2D eigenvalue weighted by Crippen LogP contribution is 2.42. The first kappa shape index (κ1) is 11.8. The average molecular weight is 282 g/mol. The van der Waals surface area contributed by atoms with E-state index in [1.165, 1.54) is 12.8 Å². The van der Waals surface area contributed by atoms with Gasteiger partial charge < -0.3 is 4.90 Å². The van der Waals surface area contributed by atoms with Crippen LogP contribution in [0.4, 0.5) is 8.78 Å². The van der Waals surface area contributed by atoms with Crippen LogP contribution >= 0.6 is 15.9 Å². The summed E-state index contributed by atoms with van der Waals surface area (Å²) < 4.78 is 25.3. The molecule has 2 fully saturated rings. The minimum Gasteiger partial charge on any atom is -0.303 e. The Morgan fingerprint density at radius 3 is 2.60 bits per heavy atom. The van der Waals surface area contributed by atoms with Crippen LogP contribution in [0.3, 0.4) is 0 Å². The lowest BCUT2D eigenvalue weighted by molar-refractivity contribution is -0.116. The summed E-state index contributed by atoms with van der Waals surface area (Å²) in [6.45, 7) is 3.04. The second kappa shape index (κ2) is 4.66. The van der Waals surface area contributed by atoms with E-state index in [2.05, 4.69) is 20.8 Å². The molecule has 1 aliphatic heterocycles. The molecule has 15 heavy (non-hydrogen) atoms. The van der Waals surface area contributed by atoms with Gasteiger partial charge in [0.15, 0.2) is 0 Å². The van der Waals surface area contributed by atoms with Crippen LogP contribution in [-0.4, -0.2) is 35.3 Å². The van der Waals surface area contributed by atoms with Crippen LogP contribution in [0.25, 0.3) is 0 Å². The molecule has 2 rings (SSSR count). The standard InChI is InChI=1S/C11H18BrF2N/c12-10-2-1-4-15(5-3-10)8-9-6-11(13,14)7-9/h9-10H,1-8H2. The molecule has 0 aromatic rings. The zero-order chi connectivity index (χ0) is 10.9. The predicted octanol–water partition coefficient (Wildman–Crippen LogP) is 3.28. The molecule has 0 aromatic heterocycles. The van der Waals surface area contributed by atoms with Crippen LogP contribution in [0.5, 0.6) is 0 Å². The summed E-state index contributed by atoms with van der Waals surface area (Å²) in [4.78, 5) is 2.99. The van der Waals surface area contributed by atoms with E-state index < -0.39 is 5.92 Å². The highest BCUT2D eigenvalue weighted by Gasteiger charge is 2.45. The largest absolute Gasteiger partial charge is 0.303 e. The summed E-state index contributed by atoms with van der Waals surface area (Å²) in [5, 5.41) is 0. The number of nitrogens with zero attached hydrogens (tertiary/aromatic N) is 1. The van der Waals surface area contributed by atoms with Crippen molar-refractivity contribution in [3.05, 3.63) is 0 Å². The van der Waals surface area contributed by atoms with Crippen LogP contribution in [0.2, 0.25) is 0 Å². The minimum atomic E-state index is -2.35. The van der Waals surface area contributed by atoms with Gasteiger partial charge in [0.2, 0.25) is 5.92 Å². The Labute approximate surface area is 98.3 Å². The van der Waals surface area contributed by atoms with Crippen molar-refractivity contribution < 1.29 is 8.78 Å². The van der Waals surface area contributed by atoms with Crippen molar-refractivity contribution in [2.45, 2.75) is 42.9 Å². The number of halogens is 3. The molecule has 88 valence electrons. The molecule has 0 bridgehead atoms. The van der Waals surface area contributed by atoms with Gasteiger partial charge in [-0.3, -0.25) is 0 Å². The number of rotatable bonds is 2. The maximum atomic E-state index is 12.7. The zero-order valence-corrected chi connectivity index (χ0v) is 10.5. The van der Waals surface area contributed by atoms with Crippen LogP contribution in [0.1, 0.15) is 32.1 Å². The third-order valence-corrected chi connectivity index (χ3v) is 4.36. The first-order valence-electron chi connectivity index (χ1n) is 5.79. The van der Waals surface area contributed by atoms with Crippen LogP contribution in [0.15, 0.2) is 0 Å². The lowest BCUT2D eigenvalue weighted by Gasteiger charge is -2.38. The molecular weight excluding hydrogens is 264 g/mol. The van der Waals surface area contributed by atoms with Crippen molar-refractivity contribution in [1.82, 2.24) is 4.90 Å². The summed E-state index contributed by atoms with van der Waals surface area (Å²) in [7, 11) is 0. The molecule has 1 saturated carbocycles. The molecule has 1 heterocycles. The summed E-state index contributed by atoms with van der Waals surface area (Å²) in [5.74, 6) is -2.11. The summed E-state index contributed by atoms with van der Waals surface area (Å²) in [5.41, 5.74) is 0. The first-order chi connectivity index (χ1) is 7.05. The average Bonchev–Trinajstić information content (AvgIpc) is 2.28. The highest BCUT2D eigenvalue weighted by molar-refractivity contribution is 9.09. The molecule has 0 N–H and O–H groups in total. The lowest BCUT2D eigenvalue weighted by Crippen LogP contribution is -2.42. The maximum Gasteiger partial charge on any atom is 0.248 e. The highest BCUT2D eigenvalue weighted by atomic mass is 79.9. The number of hydrogen-bond acceptors (Lipinski definition) is 1. The first-order valence-corrected chi connectivity index (χ1v) is 6.71. The van der Waals surface area contributed by atoms with Gasteiger partial charge in [0, 0.05) is 24.2 Å².